The Bertz CT molecular complexity index is 559. The zero-order chi connectivity index (χ0) is 15.6. The molecule has 0 saturated heterocycles. The van der Waals surface area contributed by atoms with Crippen molar-refractivity contribution in [3.05, 3.63) is 30.3 Å². The smallest absolute Gasteiger partial charge is 0.361 e. The number of rotatable bonds is 5. The Labute approximate surface area is 117 Å². The van der Waals surface area contributed by atoms with E-state index in [1.807, 2.05) is 0 Å². The standard InChI is InChI=1S/C8H11NO8P2S/c10-7(20-9-6-4-2-1-3-5-6)8(11,18(12,13)14)19(15,16)17/h1-5,9,11H,(H2,12,13,14)(H2,15,16,17). The molecule has 0 bridgehead atoms. The Morgan fingerprint density at radius 1 is 1.05 bits per heavy atom. The molecule has 0 heterocycles. The van der Waals surface area contributed by atoms with Crippen molar-refractivity contribution >= 4 is 37.9 Å². The summed E-state index contributed by atoms with van der Waals surface area (Å²) < 4.78 is 24.4. The minimum atomic E-state index is -5.80. The lowest BCUT2D eigenvalue weighted by molar-refractivity contribution is -0.118. The van der Waals surface area contributed by atoms with Crippen molar-refractivity contribution in [2.45, 2.75) is 5.08 Å². The molecule has 6 N–H and O–H groups in total. The molecule has 0 amide bonds. The number of para-hydroxylation sites is 1. The summed E-state index contributed by atoms with van der Waals surface area (Å²) in [6.45, 7) is 0. The molecule has 0 aliphatic heterocycles. The van der Waals surface area contributed by atoms with Gasteiger partial charge in [0.05, 0.1) is 0 Å². The molecule has 0 fully saturated rings. The summed E-state index contributed by atoms with van der Waals surface area (Å²) in [5.74, 6) is 0. The molecule has 0 atom stereocenters. The van der Waals surface area contributed by atoms with Crippen molar-refractivity contribution in [3.8, 4) is 0 Å². The van der Waals surface area contributed by atoms with Crippen LogP contribution in [0, 0.1) is 0 Å². The van der Waals surface area contributed by atoms with Gasteiger partial charge in [0, 0.05) is 17.6 Å². The van der Waals surface area contributed by atoms with Gasteiger partial charge in [-0.3, -0.25) is 13.9 Å². The first-order chi connectivity index (χ1) is 9.00. The highest BCUT2D eigenvalue weighted by Gasteiger charge is 2.65. The molecule has 20 heavy (non-hydrogen) atoms. The number of hydrogen-bond donors (Lipinski definition) is 6. The van der Waals surface area contributed by atoms with Crippen LogP contribution in [-0.2, 0) is 13.9 Å². The number of carbonyl (C=O) groups excluding carboxylic acids is 1. The first-order valence-electron chi connectivity index (χ1n) is 4.86. The third-order valence-electron chi connectivity index (χ3n) is 2.12. The largest absolute Gasteiger partial charge is 0.378 e. The molecule has 1 rings (SSSR count). The van der Waals surface area contributed by atoms with E-state index in [1.54, 1.807) is 18.2 Å². The lowest BCUT2D eigenvalue weighted by Gasteiger charge is -2.26. The maximum Gasteiger partial charge on any atom is 0.378 e. The first kappa shape index (κ1) is 17.4. The number of hydrogen-bond acceptors (Lipinski definition) is 6. The molecule has 0 aliphatic rings. The van der Waals surface area contributed by atoms with Crippen molar-refractivity contribution in [2.75, 3.05) is 4.72 Å². The van der Waals surface area contributed by atoms with Gasteiger partial charge >= 0.3 is 20.3 Å². The van der Waals surface area contributed by atoms with Crippen LogP contribution in [0.15, 0.2) is 30.3 Å². The molecule has 0 aliphatic carbocycles. The second-order valence-electron chi connectivity index (χ2n) is 3.58. The molecular weight excluding hydrogens is 332 g/mol. The van der Waals surface area contributed by atoms with Crippen LogP contribution in [-0.4, -0.2) is 34.9 Å². The van der Waals surface area contributed by atoms with Gasteiger partial charge in [0.2, 0.25) is 0 Å². The molecule has 0 spiro atoms. The minimum Gasteiger partial charge on any atom is -0.361 e. The van der Waals surface area contributed by atoms with Crippen LogP contribution in [0.25, 0.3) is 0 Å². The van der Waals surface area contributed by atoms with Crippen LogP contribution in [0.4, 0.5) is 5.69 Å². The number of benzene rings is 1. The molecule has 9 nitrogen and oxygen atoms in total. The van der Waals surface area contributed by atoms with Crippen molar-refractivity contribution in [1.29, 1.82) is 0 Å². The van der Waals surface area contributed by atoms with Crippen molar-refractivity contribution < 1.29 is 38.6 Å². The molecule has 0 radical (unpaired) electrons. The normalized spacial score (nSPS) is 13.1. The average Bonchev–Trinajstić information content (AvgIpc) is 2.33. The van der Waals surface area contributed by atoms with Gasteiger partial charge in [-0.05, 0) is 12.1 Å². The van der Waals surface area contributed by atoms with E-state index in [0.29, 0.717) is 5.69 Å². The molecule has 112 valence electrons. The van der Waals surface area contributed by atoms with Gasteiger partial charge in [0.25, 0.3) is 5.12 Å². The fourth-order valence-corrected chi connectivity index (χ4v) is 4.39. The van der Waals surface area contributed by atoms with Gasteiger partial charge < -0.3 is 29.4 Å². The quantitative estimate of drug-likeness (QED) is 0.323. The molecule has 0 unspecified atom stereocenters. The van der Waals surface area contributed by atoms with Gasteiger partial charge in [0.15, 0.2) is 0 Å². The first-order valence-corrected chi connectivity index (χ1v) is 8.90. The summed E-state index contributed by atoms with van der Waals surface area (Å²) >= 11 is -0.0331. The van der Waals surface area contributed by atoms with E-state index in [4.69, 9.17) is 19.6 Å². The topological polar surface area (TPSA) is 164 Å². The number of nitrogens with one attached hydrogen (secondary N) is 1. The maximum atomic E-state index is 11.6. The Morgan fingerprint density at radius 3 is 1.90 bits per heavy atom. The van der Waals surface area contributed by atoms with Crippen LogP contribution < -0.4 is 4.72 Å². The fraction of sp³-hybridized carbons (Fsp3) is 0.125. The summed E-state index contributed by atoms with van der Waals surface area (Å²) in [4.78, 5) is 47.0. The molecular formula is C8H11NO8P2S. The molecule has 1 aromatic carbocycles. The van der Waals surface area contributed by atoms with Gasteiger partial charge in [-0.2, -0.15) is 0 Å². The van der Waals surface area contributed by atoms with E-state index in [1.165, 1.54) is 12.1 Å². The zero-order valence-corrected chi connectivity index (χ0v) is 12.3. The zero-order valence-electron chi connectivity index (χ0n) is 9.65. The van der Waals surface area contributed by atoms with Crippen LogP contribution in [0.1, 0.15) is 0 Å². The van der Waals surface area contributed by atoms with E-state index in [2.05, 4.69) is 4.72 Å². The molecule has 12 heteroatoms. The third kappa shape index (κ3) is 3.49. The Balaban J connectivity index is 2.98. The highest BCUT2D eigenvalue weighted by molar-refractivity contribution is 8.16. The van der Waals surface area contributed by atoms with Crippen molar-refractivity contribution in [1.82, 2.24) is 0 Å². The maximum absolute atomic E-state index is 11.6. The fourth-order valence-electron chi connectivity index (χ4n) is 1.09. The van der Waals surface area contributed by atoms with Crippen LogP contribution >= 0.6 is 27.1 Å². The van der Waals surface area contributed by atoms with Gasteiger partial charge in [-0.1, -0.05) is 18.2 Å². The summed E-state index contributed by atoms with van der Waals surface area (Å²) in [5, 5.41) is 3.61. The van der Waals surface area contributed by atoms with Crippen LogP contribution in [0.2, 0.25) is 0 Å². The Kier molecular flexibility index (Phi) is 5.18. The van der Waals surface area contributed by atoms with E-state index >= 15 is 0 Å². The summed E-state index contributed by atoms with van der Waals surface area (Å²) in [6, 6.07) is 7.83. The molecule has 1 aromatic rings. The van der Waals surface area contributed by atoms with Crippen molar-refractivity contribution in [2.24, 2.45) is 0 Å². The van der Waals surface area contributed by atoms with Gasteiger partial charge in [0.1, 0.15) is 0 Å². The number of anilines is 1. The average molecular weight is 343 g/mol. The van der Waals surface area contributed by atoms with Crippen LogP contribution in [0.5, 0.6) is 0 Å². The lowest BCUT2D eigenvalue weighted by atomic mass is 10.3. The van der Waals surface area contributed by atoms with E-state index < -0.39 is 25.4 Å². The highest BCUT2D eigenvalue weighted by Crippen LogP contribution is 2.68. The second-order valence-corrected chi connectivity index (χ2v) is 8.18. The Morgan fingerprint density at radius 2 is 1.50 bits per heavy atom. The summed E-state index contributed by atoms with van der Waals surface area (Å²) in [6.07, 6.45) is 0. The lowest BCUT2D eigenvalue weighted by Crippen LogP contribution is -2.36. The van der Waals surface area contributed by atoms with Crippen molar-refractivity contribution in [3.63, 3.8) is 0 Å². The van der Waals surface area contributed by atoms with E-state index in [-0.39, 0.29) is 11.9 Å². The minimum absolute atomic E-state index is 0.0331. The summed E-state index contributed by atoms with van der Waals surface area (Å²) in [5.41, 5.74) is 0.338. The molecule has 0 aromatic heterocycles. The van der Waals surface area contributed by atoms with Crippen LogP contribution in [0.3, 0.4) is 0 Å². The van der Waals surface area contributed by atoms with E-state index in [0.717, 1.165) is 0 Å². The number of carbonyl (C=O) groups is 1. The summed E-state index contributed by atoms with van der Waals surface area (Å²) in [7, 11) is -11.6. The van der Waals surface area contributed by atoms with Gasteiger partial charge in [-0.15, -0.1) is 0 Å². The molecule has 0 saturated carbocycles. The Hall–Kier alpha value is -0.700. The predicted molar refractivity (Wildman–Crippen MR) is 71.7 cm³/mol. The third-order valence-corrected chi connectivity index (χ3v) is 6.84. The SMILES string of the molecule is O=C(SNc1ccccc1)C(O)(P(=O)(O)O)P(=O)(O)O. The monoisotopic (exact) mass is 343 g/mol. The number of aliphatic hydroxyl groups is 1. The predicted octanol–water partition coefficient (Wildman–Crippen LogP) is 0.275. The van der Waals surface area contributed by atoms with E-state index in [9.17, 15) is 19.0 Å². The second kappa shape index (κ2) is 5.97. The van der Waals surface area contributed by atoms with Gasteiger partial charge in [-0.25, -0.2) is 0 Å². The highest BCUT2D eigenvalue weighted by atomic mass is 32.2.